The molecule has 1 heterocycles. The van der Waals surface area contributed by atoms with E-state index in [9.17, 15) is 9.18 Å². The summed E-state index contributed by atoms with van der Waals surface area (Å²) in [5.41, 5.74) is 9.27. The van der Waals surface area contributed by atoms with Crippen LogP contribution >= 0.6 is 11.3 Å². The Bertz CT molecular complexity index is 799. The first kappa shape index (κ1) is 14.7. The van der Waals surface area contributed by atoms with E-state index in [1.807, 2.05) is 26.0 Å². The van der Waals surface area contributed by atoms with Crippen LogP contribution in [0.4, 0.5) is 4.39 Å². The molecule has 2 N–H and O–H groups in total. The fraction of sp³-hybridized carbons (Fsp3) is 0.167. The number of allylic oxidation sites excluding steroid dienone is 3. The first-order valence-corrected chi connectivity index (χ1v) is 7.87. The summed E-state index contributed by atoms with van der Waals surface area (Å²) in [5.74, 6) is -0.142. The number of hydrogen-bond donors (Lipinski definition) is 1. The van der Waals surface area contributed by atoms with Gasteiger partial charge in [0.2, 0.25) is 5.78 Å². The van der Waals surface area contributed by atoms with Crippen molar-refractivity contribution < 1.29 is 9.18 Å². The molecule has 3 rings (SSSR count). The number of thiophene rings is 1. The third kappa shape index (κ3) is 2.50. The van der Waals surface area contributed by atoms with Crippen molar-refractivity contribution in [3.63, 3.8) is 0 Å². The van der Waals surface area contributed by atoms with Crippen LogP contribution in [0.25, 0.3) is 10.4 Å². The maximum absolute atomic E-state index is 13.0. The molecule has 1 aliphatic carbocycles. The Hall–Kier alpha value is -2.20. The molecule has 0 spiro atoms. The van der Waals surface area contributed by atoms with E-state index in [0.29, 0.717) is 10.5 Å². The quantitative estimate of drug-likeness (QED) is 0.845. The van der Waals surface area contributed by atoms with Gasteiger partial charge in [0.25, 0.3) is 0 Å². The number of rotatable bonds is 3. The zero-order valence-corrected chi connectivity index (χ0v) is 13.2. The third-order valence-corrected chi connectivity index (χ3v) is 5.22. The highest BCUT2D eigenvalue weighted by molar-refractivity contribution is 7.17. The minimum absolute atomic E-state index is 0.00293. The van der Waals surface area contributed by atoms with Crippen molar-refractivity contribution in [1.82, 2.24) is 0 Å². The van der Waals surface area contributed by atoms with Crippen LogP contribution < -0.4 is 5.73 Å². The fourth-order valence-electron chi connectivity index (χ4n) is 2.50. The highest BCUT2D eigenvalue weighted by Crippen LogP contribution is 2.34. The Labute approximate surface area is 132 Å². The van der Waals surface area contributed by atoms with E-state index in [2.05, 4.69) is 0 Å². The number of benzene rings is 1. The minimum atomic E-state index is -0.266. The van der Waals surface area contributed by atoms with Crippen LogP contribution in [0.5, 0.6) is 0 Å². The average Bonchev–Trinajstić information content (AvgIpc) is 3.09. The number of carbonyl (C=O) groups is 1. The Kier molecular flexibility index (Phi) is 3.71. The monoisotopic (exact) mass is 313 g/mol. The molecule has 0 fully saturated rings. The first-order chi connectivity index (χ1) is 10.5. The van der Waals surface area contributed by atoms with Gasteiger partial charge in [0.15, 0.2) is 0 Å². The summed E-state index contributed by atoms with van der Waals surface area (Å²) in [4.78, 5) is 14.3. The maximum atomic E-state index is 13.0. The molecule has 2 nitrogen and oxygen atoms in total. The lowest BCUT2D eigenvalue weighted by atomic mass is 10.0. The summed E-state index contributed by atoms with van der Waals surface area (Å²) >= 11 is 1.42. The molecule has 112 valence electrons. The van der Waals surface area contributed by atoms with Gasteiger partial charge in [0.05, 0.1) is 4.88 Å². The predicted octanol–water partition coefficient (Wildman–Crippen LogP) is 4.55. The molecule has 0 bridgehead atoms. The smallest absolute Gasteiger partial charge is 0.202 e. The lowest BCUT2D eigenvalue weighted by molar-refractivity contribution is 0.104. The van der Waals surface area contributed by atoms with Crippen LogP contribution in [-0.4, -0.2) is 5.78 Å². The van der Waals surface area contributed by atoms with Gasteiger partial charge in [-0.15, -0.1) is 11.3 Å². The molecule has 22 heavy (non-hydrogen) atoms. The van der Waals surface area contributed by atoms with Crippen molar-refractivity contribution in [3.8, 4) is 10.4 Å². The molecule has 1 aromatic carbocycles. The van der Waals surface area contributed by atoms with Crippen molar-refractivity contribution in [3.05, 3.63) is 70.0 Å². The topological polar surface area (TPSA) is 43.1 Å². The molecule has 0 saturated heterocycles. The molecule has 2 aromatic rings. The van der Waals surface area contributed by atoms with Gasteiger partial charge in [-0.2, -0.15) is 0 Å². The van der Waals surface area contributed by atoms with Crippen molar-refractivity contribution in [2.24, 2.45) is 11.7 Å². The molecule has 0 aliphatic heterocycles. The second-order valence-electron chi connectivity index (χ2n) is 5.46. The summed E-state index contributed by atoms with van der Waals surface area (Å²) < 4.78 is 13.0. The summed E-state index contributed by atoms with van der Waals surface area (Å²) in [7, 11) is 0. The SMILES string of the molecule is CC1=C(C(=O)c2ccc(-c3ccc(F)cc3)s2)C=C(N)C1C. The van der Waals surface area contributed by atoms with Crippen molar-refractivity contribution in [2.45, 2.75) is 13.8 Å². The summed E-state index contributed by atoms with van der Waals surface area (Å²) in [5, 5.41) is 0. The molecule has 0 saturated carbocycles. The Morgan fingerprint density at radius 1 is 1.18 bits per heavy atom. The second-order valence-corrected chi connectivity index (χ2v) is 6.55. The van der Waals surface area contributed by atoms with Crippen LogP contribution in [0.1, 0.15) is 23.5 Å². The third-order valence-electron chi connectivity index (χ3n) is 4.09. The van der Waals surface area contributed by atoms with Gasteiger partial charge in [-0.1, -0.05) is 24.6 Å². The number of hydrogen-bond acceptors (Lipinski definition) is 3. The van der Waals surface area contributed by atoms with Crippen LogP contribution in [0.2, 0.25) is 0 Å². The van der Waals surface area contributed by atoms with Crippen molar-refractivity contribution in [1.29, 1.82) is 0 Å². The summed E-state index contributed by atoms with van der Waals surface area (Å²) in [6.45, 7) is 3.95. The molecule has 1 aromatic heterocycles. The van der Waals surface area contributed by atoms with E-state index in [-0.39, 0.29) is 17.5 Å². The van der Waals surface area contributed by atoms with E-state index in [0.717, 1.165) is 21.7 Å². The molecular weight excluding hydrogens is 297 g/mol. The number of carbonyl (C=O) groups excluding carboxylic acids is 1. The molecular formula is C18H16FNOS. The largest absolute Gasteiger partial charge is 0.402 e. The van der Waals surface area contributed by atoms with E-state index < -0.39 is 0 Å². The molecule has 4 heteroatoms. The molecule has 1 unspecified atom stereocenters. The Morgan fingerprint density at radius 2 is 1.86 bits per heavy atom. The number of ketones is 1. The van der Waals surface area contributed by atoms with Crippen molar-refractivity contribution in [2.75, 3.05) is 0 Å². The van der Waals surface area contributed by atoms with E-state index >= 15 is 0 Å². The normalized spacial score (nSPS) is 17.8. The van der Waals surface area contributed by atoms with Crippen molar-refractivity contribution >= 4 is 17.1 Å². The maximum Gasteiger partial charge on any atom is 0.202 e. The van der Waals surface area contributed by atoms with Crippen LogP contribution in [-0.2, 0) is 0 Å². The van der Waals surface area contributed by atoms with Gasteiger partial charge in [-0.05, 0) is 42.8 Å². The predicted molar refractivity (Wildman–Crippen MR) is 88.2 cm³/mol. The zero-order valence-electron chi connectivity index (χ0n) is 12.4. The van der Waals surface area contributed by atoms with Gasteiger partial charge < -0.3 is 5.73 Å². The Balaban J connectivity index is 1.91. The average molecular weight is 313 g/mol. The first-order valence-electron chi connectivity index (χ1n) is 7.05. The van der Waals surface area contributed by atoms with Gasteiger partial charge in [0, 0.05) is 22.1 Å². The lowest BCUT2D eigenvalue weighted by Gasteiger charge is -2.06. The minimum Gasteiger partial charge on any atom is -0.402 e. The standard InChI is InChI=1S/C18H16FNOS/c1-10-11(2)15(20)9-14(10)18(21)17-8-7-16(22-17)12-3-5-13(19)6-4-12/h3-9,11H,20H2,1-2H3. The van der Waals surface area contributed by atoms with E-state index in [1.54, 1.807) is 18.2 Å². The van der Waals surface area contributed by atoms with Gasteiger partial charge in [-0.25, -0.2) is 4.39 Å². The van der Waals surface area contributed by atoms with Crippen LogP contribution in [0.15, 0.2) is 59.3 Å². The summed E-state index contributed by atoms with van der Waals surface area (Å²) in [6.07, 6.45) is 1.78. The van der Waals surface area contributed by atoms with Gasteiger partial charge >= 0.3 is 0 Å². The lowest BCUT2D eigenvalue weighted by Crippen LogP contribution is -2.05. The second kappa shape index (κ2) is 5.54. The van der Waals surface area contributed by atoms with Crippen LogP contribution in [0.3, 0.4) is 0 Å². The Morgan fingerprint density at radius 3 is 2.45 bits per heavy atom. The zero-order chi connectivity index (χ0) is 15.9. The molecule has 0 radical (unpaired) electrons. The highest BCUT2D eigenvalue weighted by atomic mass is 32.1. The number of nitrogens with two attached hydrogens (primary N) is 1. The fourth-order valence-corrected chi connectivity index (χ4v) is 3.46. The number of Topliss-reactive ketones (excluding diaryl/α,β-unsaturated/α-hetero) is 1. The summed E-state index contributed by atoms with van der Waals surface area (Å²) in [6, 6.07) is 9.99. The van der Waals surface area contributed by atoms with Gasteiger partial charge in [0.1, 0.15) is 5.82 Å². The highest BCUT2D eigenvalue weighted by Gasteiger charge is 2.25. The number of halogens is 1. The molecule has 1 atom stereocenters. The molecule has 1 aliphatic rings. The van der Waals surface area contributed by atoms with E-state index in [1.165, 1.54) is 23.5 Å². The van der Waals surface area contributed by atoms with Crippen LogP contribution in [0, 0.1) is 11.7 Å². The van der Waals surface area contributed by atoms with Gasteiger partial charge in [-0.3, -0.25) is 4.79 Å². The van der Waals surface area contributed by atoms with E-state index in [4.69, 9.17) is 5.73 Å². The molecule has 0 amide bonds.